The van der Waals surface area contributed by atoms with E-state index in [-0.39, 0.29) is 64.8 Å². The van der Waals surface area contributed by atoms with E-state index in [9.17, 15) is 47.7 Å². The van der Waals surface area contributed by atoms with Crippen LogP contribution in [0.15, 0.2) is 48.6 Å². The molecule has 0 aliphatic rings. The lowest BCUT2D eigenvalue weighted by Crippen LogP contribution is -2.31. The molecular formula is C86H158N2O18P2. The quantitative estimate of drug-likeness (QED) is 0.0145. The van der Waals surface area contributed by atoms with Crippen LogP contribution in [0.1, 0.15) is 400 Å². The van der Waals surface area contributed by atoms with E-state index in [0.717, 1.165) is 154 Å². The SMILES string of the molecule is CCCCCCCC/C=C\CCCCCCCC(=O)OCC(COP(=O)(O)OCCNC(=O)CCC(=O)NCCOP(=O)(O)OCC(COC(=O)CCCCCCC/C=C\CCCCCCCC)OC(=O)CCCCCCC/C=C\CCCCCCCC)OC(=O)CCCCCCC/C=C\CCCCCCCC. The van der Waals surface area contributed by atoms with Crippen LogP contribution >= 0.6 is 15.6 Å². The van der Waals surface area contributed by atoms with Gasteiger partial charge in [0.15, 0.2) is 12.2 Å². The molecule has 0 rings (SSSR count). The lowest BCUT2D eigenvalue weighted by molar-refractivity contribution is -0.161. The second-order valence-electron chi connectivity index (χ2n) is 29.3. The number of allylic oxidation sites excluding steroid dienone is 8. The summed E-state index contributed by atoms with van der Waals surface area (Å²) in [6.45, 7) is 5.60. The number of hydrogen-bond donors (Lipinski definition) is 4. The molecule has 0 bridgehead atoms. The number of phosphoric ester groups is 2. The molecule has 0 radical (unpaired) electrons. The van der Waals surface area contributed by atoms with Gasteiger partial charge in [0.25, 0.3) is 0 Å². The van der Waals surface area contributed by atoms with Gasteiger partial charge in [-0.25, -0.2) is 9.13 Å². The molecule has 4 unspecified atom stereocenters. The van der Waals surface area contributed by atoms with E-state index in [4.69, 9.17) is 37.0 Å². The number of carbonyl (C=O) groups excluding carboxylic acids is 6. The number of unbranched alkanes of at least 4 members (excludes halogenated alkanes) is 44. The number of amides is 2. The molecule has 0 aromatic heterocycles. The Balaban J connectivity index is 5.07. The van der Waals surface area contributed by atoms with Crippen LogP contribution in [0.2, 0.25) is 0 Å². The van der Waals surface area contributed by atoms with Gasteiger partial charge in [-0.3, -0.25) is 46.9 Å². The van der Waals surface area contributed by atoms with E-state index in [1.807, 2.05) is 0 Å². The first kappa shape index (κ1) is 104. The predicted molar refractivity (Wildman–Crippen MR) is 438 cm³/mol. The third-order valence-electron chi connectivity index (χ3n) is 18.8. The maximum absolute atomic E-state index is 13.0. The van der Waals surface area contributed by atoms with Crippen molar-refractivity contribution in [3.05, 3.63) is 48.6 Å². The molecule has 22 heteroatoms. The molecule has 0 heterocycles. The summed E-state index contributed by atoms with van der Waals surface area (Å²) in [5, 5.41) is 4.99. The molecule has 630 valence electrons. The molecule has 4 atom stereocenters. The van der Waals surface area contributed by atoms with Crippen molar-refractivity contribution in [1.29, 1.82) is 0 Å². The Morgan fingerprint density at radius 2 is 0.491 bits per heavy atom. The lowest BCUT2D eigenvalue weighted by atomic mass is 10.1. The van der Waals surface area contributed by atoms with Crippen molar-refractivity contribution >= 4 is 51.3 Å². The van der Waals surface area contributed by atoms with Gasteiger partial charge in [0, 0.05) is 51.6 Å². The molecule has 0 aliphatic heterocycles. The van der Waals surface area contributed by atoms with Crippen LogP contribution in [-0.2, 0) is 74.9 Å². The van der Waals surface area contributed by atoms with Gasteiger partial charge in [0.05, 0.1) is 26.4 Å². The minimum Gasteiger partial charge on any atom is -0.462 e. The first-order valence-corrected chi connectivity index (χ1v) is 46.6. The van der Waals surface area contributed by atoms with Crippen LogP contribution in [0.5, 0.6) is 0 Å². The Morgan fingerprint density at radius 3 is 0.731 bits per heavy atom. The topological polar surface area (TPSA) is 275 Å². The molecule has 0 saturated carbocycles. The van der Waals surface area contributed by atoms with Crippen LogP contribution in [0.4, 0.5) is 0 Å². The van der Waals surface area contributed by atoms with Crippen molar-refractivity contribution in [3.63, 3.8) is 0 Å². The third kappa shape index (κ3) is 78.7. The van der Waals surface area contributed by atoms with Gasteiger partial charge in [0.1, 0.15) is 13.2 Å². The van der Waals surface area contributed by atoms with Crippen molar-refractivity contribution in [2.45, 2.75) is 412 Å². The van der Waals surface area contributed by atoms with Crippen LogP contribution in [0, 0.1) is 0 Å². The fourth-order valence-electron chi connectivity index (χ4n) is 12.1. The number of hydrogen-bond acceptors (Lipinski definition) is 16. The van der Waals surface area contributed by atoms with Crippen molar-refractivity contribution in [1.82, 2.24) is 10.6 Å². The Hall–Kier alpha value is -4.00. The molecule has 20 nitrogen and oxygen atoms in total. The highest BCUT2D eigenvalue weighted by molar-refractivity contribution is 7.47. The number of ether oxygens (including phenoxy) is 4. The standard InChI is InChI=1S/C86H158N2O18P2/c1-5-9-13-17-21-25-29-33-37-41-45-49-53-57-61-65-83(91)99-75-79(105-85(93)67-63-59-55-51-47-43-39-35-31-27-23-19-15-11-7-3)77-103-107(95,96)101-73-71-87-81(89)69-70-82(90)88-72-74-102-108(97,98)104-78-80(106-86(94)68-64-60-56-52-48-44-40-36-32-28-24-20-16-12-8-4)76-100-84(92)66-62-58-54-50-46-42-38-34-30-26-22-18-14-10-6-2/h33-40,79-80H,5-32,41-78H2,1-4H3,(H,87,89)(H,88,90)(H,95,96)(H,97,98)/b37-33-,38-34-,39-35-,40-36-. The predicted octanol–water partition coefficient (Wildman–Crippen LogP) is 23.3. The summed E-state index contributed by atoms with van der Waals surface area (Å²) >= 11 is 0. The molecule has 4 N–H and O–H groups in total. The largest absolute Gasteiger partial charge is 0.472 e. The maximum Gasteiger partial charge on any atom is 0.472 e. The van der Waals surface area contributed by atoms with Gasteiger partial charge in [-0.1, -0.05) is 282 Å². The second-order valence-corrected chi connectivity index (χ2v) is 32.2. The zero-order chi connectivity index (χ0) is 79.0. The van der Waals surface area contributed by atoms with Gasteiger partial charge in [-0.05, 0) is 128 Å². The Morgan fingerprint density at radius 1 is 0.278 bits per heavy atom. The van der Waals surface area contributed by atoms with E-state index in [0.29, 0.717) is 25.7 Å². The van der Waals surface area contributed by atoms with Gasteiger partial charge in [-0.15, -0.1) is 0 Å². The molecule has 0 saturated heterocycles. The number of rotatable bonds is 83. The average Bonchev–Trinajstić information content (AvgIpc) is 0.947. The number of nitrogens with one attached hydrogen (secondary N) is 2. The minimum atomic E-state index is -4.76. The van der Waals surface area contributed by atoms with Crippen LogP contribution < -0.4 is 10.6 Å². The first-order chi connectivity index (χ1) is 52.6. The summed E-state index contributed by atoms with van der Waals surface area (Å²) in [5.41, 5.74) is 0. The molecule has 0 aliphatic carbocycles. The first-order valence-electron chi connectivity index (χ1n) is 43.6. The number of phosphoric acid groups is 2. The summed E-state index contributed by atoms with van der Waals surface area (Å²) in [5.74, 6) is -3.21. The molecular weight excluding hydrogens is 1410 g/mol. The van der Waals surface area contributed by atoms with E-state index < -0.39 is 90.0 Å². The molecule has 0 fully saturated rings. The van der Waals surface area contributed by atoms with Gasteiger partial charge >= 0.3 is 39.5 Å². The zero-order valence-corrected chi connectivity index (χ0v) is 70.6. The zero-order valence-electron chi connectivity index (χ0n) is 68.8. The summed E-state index contributed by atoms with van der Waals surface area (Å²) in [6, 6.07) is 0. The fraction of sp³-hybridized carbons (Fsp3) is 0.837. The van der Waals surface area contributed by atoms with Crippen molar-refractivity contribution in [3.8, 4) is 0 Å². The lowest BCUT2D eigenvalue weighted by Gasteiger charge is -2.20. The van der Waals surface area contributed by atoms with Gasteiger partial charge in [0.2, 0.25) is 11.8 Å². The molecule has 0 aromatic carbocycles. The fourth-order valence-corrected chi connectivity index (χ4v) is 13.6. The van der Waals surface area contributed by atoms with Crippen LogP contribution in [-0.4, -0.2) is 110 Å². The minimum absolute atomic E-state index is 0.117. The highest BCUT2D eigenvalue weighted by Gasteiger charge is 2.28. The molecule has 108 heavy (non-hydrogen) atoms. The van der Waals surface area contributed by atoms with E-state index >= 15 is 0 Å². The Kier molecular flexibility index (Phi) is 76.7. The van der Waals surface area contributed by atoms with Crippen molar-refractivity contribution in [2.24, 2.45) is 0 Å². The van der Waals surface area contributed by atoms with Crippen molar-refractivity contribution < 1.29 is 84.7 Å². The maximum atomic E-state index is 13.0. The summed E-state index contributed by atoms with van der Waals surface area (Å²) in [7, 11) is -9.52. The average molecular weight is 1570 g/mol. The molecule has 0 spiro atoms. The number of carbonyl (C=O) groups is 6. The van der Waals surface area contributed by atoms with Crippen LogP contribution in [0.3, 0.4) is 0 Å². The monoisotopic (exact) mass is 1570 g/mol. The highest BCUT2D eigenvalue weighted by atomic mass is 31.2. The summed E-state index contributed by atoms with van der Waals surface area (Å²) in [4.78, 5) is 97.8. The van der Waals surface area contributed by atoms with Gasteiger partial charge < -0.3 is 39.4 Å². The van der Waals surface area contributed by atoms with Crippen molar-refractivity contribution in [2.75, 3.05) is 52.7 Å². The Labute approximate surface area is 657 Å². The highest BCUT2D eigenvalue weighted by Crippen LogP contribution is 2.44. The molecule has 2 amide bonds. The van der Waals surface area contributed by atoms with E-state index in [2.05, 4.69) is 86.9 Å². The second kappa shape index (κ2) is 79.6. The molecule has 0 aromatic rings. The third-order valence-corrected chi connectivity index (χ3v) is 20.8. The van der Waals surface area contributed by atoms with E-state index in [1.54, 1.807) is 0 Å². The smallest absolute Gasteiger partial charge is 0.462 e. The summed E-state index contributed by atoms with van der Waals surface area (Å²) < 4.78 is 68.6. The van der Waals surface area contributed by atoms with Crippen LogP contribution in [0.25, 0.3) is 0 Å². The number of esters is 4. The Bertz CT molecular complexity index is 2200. The normalized spacial score (nSPS) is 13.5. The van der Waals surface area contributed by atoms with E-state index in [1.165, 1.54) is 154 Å². The van der Waals surface area contributed by atoms with Gasteiger partial charge in [-0.2, -0.15) is 0 Å². The summed E-state index contributed by atoms with van der Waals surface area (Å²) in [6.07, 6.45) is 74.0.